The van der Waals surface area contributed by atoms with Gasteiger partial charge >= 0.3 is 0 Å². The van der Waals surface area contributed by atoms with E-state index in [9.17, 15) is 0 Å². The second-order valence-electron chi connectivity index (χ2n) is 24.1. The summed E-state index contributed by atoms with van der Waals surface area (Å²) in [6.07, 6.45) is 7.69. The van der Waals surface area contributed by atoms with Gasteiger partial charge < -0.3 is 4.40 Å². The van der Waals surface area contributed by atoms with Gasteiger partial charge in [-0.15, -0.1) is 0 Å². The number of nitrogens with zero attached hydrogens (tertiary/aromatic N) is 3. The second kappa shape index (κ2) is 15.9. The quantitative estimate of drug-likeness (QED) is 0.137. The van der Waals surface area contributed by atoms with Gasteiger partial charge in [-0.05, 0) is 159 Å². The lowest BCUT2D eigenvalue weighted by Gasteiger charge is -2.31. The Hall–Kier alpha value is -5.80. The van der Waals surface area contributed by atoms with E-state index in [1.807, 2.05) is 0 Å². The highest BCUT2D eigenvalue weighted by atomic mass is 15.0. The Morgan fingerprint density at radius 2 is 0.843 bits per heavy atom. The summed E-state index contributed by atoms with van der Waals surface area (Å²) >= 11 is 0. The molecular formula is C67H75N3. The number of hydrogen-bond acceptors (Lipinski definition) is 2. The molecule has 358 valence electrons. The molecule has 4 heterocycles. The number of rotatable bonds is 10. The van der Waals surface area contributed by atoms with Crippen molar-refractivity contribution in [3.63, 3.8) is 0 Å². The summed E-state index contributed by atoms with van der Waals surface area (Å²) in [6.45, 7) is 40.1. The Morgan fingerprint density at radius 3 is 1.17 bits per heavy atom. The first-order chi connectivity index (χ1) is 33.2. The monoisotopic (exact) mass is 922 g/mol. The minimum atomic E-state index is -0.284. The Balaban J connectivity index is 1.21. The third-order valence-corrected chi connectivity index (χ3v) is 18.0. The van der Waals surface area contributed by atoms with E-state index in [1.54, 1.807) is 0 Å². The molecule has 0 aliphatic heterocycles. The molecule has 2 aliphatic rings. The lowest BCUT2D eigenvalue weighted by molar-refractivity contribution is 0.382. The van der Waals surface area contributed by atoms with Crippen molar-refractivity contribution < 1.29 is 0 Å². The average molecular weight is 922 g/mol. The highest BCUT2D eigenvalue weighted by Gasteiger charge is 2.43. The van der Waals surface area contributed by atoms with Gasteiger partial charge in [0.25, 0.3) is 0 Å². The molecule has 0 bridgehead atoms. The van der Waals surface area contributed by atoms with Crippen LogP contribution in [0.1, 0.15) is 208 Å². The van der Waals surface area contributed by atoms with Crippen molar-refractivity contribution >= 4 is 38.1 Å². The summed E-state index contributed by atoms with van der Waals surface area (Å²) < 4.78 is 2.55. The smallest absolute Gasteiger partial charge is 0.0732 e. The Morgan fingerprint density at radius 1 is 0.486 bits per heavy atom. The molecule has 2 aliphatic carbocycles. The zero-order chi connectivity index (χ0) is 49.8. The van der Waals surface area contributed by atoms with Crippen LogP contribution in [0.15, 0.2) is 85.2 Å². The molecule has 0 amide bonds. The van der Waals surface area contributed by atoms with E-state index in [0.717, 1.165) is 19.3 Å². The van der Waals surface area contributed by atoms with Crippen LogP contribution in [0.3, 0.4) is 0 Å². The Kier molecular flexibility index (Phi) is 10.5. The summed E-state index contributed by atoms with van der Waals surface area (Å²) in [4.78, 5) is 11.1. The maximum atomic E-state index is 5.55. The molecule has 0 spiro atoms. The van der Waals surface area contributed by atoms with E-state index < -0.39 is 0 Å². The van der Waals surface area contributed by atoms with Crippen LogP contribution in [-0.2, 0) is 16.2 Å². The number of aryl methyl sites for hydroxylation is 2. The van der Waals surface area contributed by atoms with Crippen LogP contribution in [0.4, 0.5) is 0 Å². The predicted octanol–water partition coefficient (Wildman–Crippen LogP) is 19.2. The molecule has 0 atom stereocenters. The fourth-order valence-electron chi connectivity index (χ4n) is 14.0. The summed E-state index contributed by atoms with van der Waals surface area (Å²) in [6, 6.07) is 29.7. The molecule has 4 aromatic heterocycles. The van der Waals surface area contributed by atoms with Crippen molar-refractivity contribution in [1.29, 1.82) is 0 Å². The fourth-order valence-corrected chi connectivity index (χ4v) is 14.0. The third kappa shape index (κ3) is 6.24. The summed E-state index contributed by atoms with van der Waals surface area (Å²) in [5, 5.41) is 5.35. The fraction of sp³-hybridized carbons (Fsp3) is 0.403. The van der Waals surface area contributed by atoms with Crippen LogP contribution in [0.2, 0.25) is 0 Å². The molecule has 0 N–H and O–H groups in total. The Labute approximate surface area is 418 Å². The van der Waals surface area contributed by atoms with Crippen molar-refractivity contribution in [2.45, 2.75) is 177 Å². The standard InChI is InChI=1S/C67H75N3/c1-18-67(19-2,20-3)43-31-50-58-54(33-68-63-60(58)44-23-21-41(29-52(44)65(63,14)15)56-46(35(4)5)25-39(12)26-47(56)36(6)7)70-55-34-69-64-61(59(55)51(32-43)62(50)70)45-24-22-42(30-53(45)66(64,16)17)57-48(37(8)9)27-40(13)28-49(57)38(10)11/h21-38H,18-20H2,1-17H3. The first-order valence-electron chi connectivity index (χ1n) is 26.9. The SMILES string of the molecule is CCC(CC)(CC)c1cc2c3c4c(ncc3n3c5cnc6c(c5c(c1)c23)-c1ccc(-c2c(C(C)C)cc(C)cc2C(C)C)cc1C6(C)C)C(C)(C)c1cc(-c2c(C(C)C)cc(C)cc2C(C)C)ccc1-4. The minimum absolute atomic E-state index is 0.0546. The molecule has 3 heteroatoms. The van der Waals surface area contributed by atoms with Crippen molar-refractivity contribution in [2.75, 3.05) is 0 Å². The third-order valence-electron chi connectivity index (χ3n) is 18.0. The second-order valence-corrected chi connectivity index (χ2v) is 24.1. The van der Waals surface area contributed by atoms with Crippen molar-refractivity contribution in [1.82, 2.24) is 14.4 Å². The molecule has 5 aromatic carbocycles. The van der Waals surface area contributed by atoms with Gasteiger partial charge in [-0.3, -0.25) is 9.97 Å². The Bertz CT molecular complexity index is 3340. The van der Waals surface area contributed by atoms with Crippen LogP contribution in [0.25, 0.3) is 82.6 Å². The van der Waals surface area contributed by atoms with Crippen LogP contribution >= 0.6 is 0 Å². The van der Waals surface area contributed by atoms with Crippen molar-refractivity contribution in [3.8, 4) is 44.5 Å². The van der Waals surface area contributed by atoms with Gasteiger partial charge in [0.15, 0.2) is 0 Å². The molecule has 0 radical (unpaired) electrons. The molecule has 3 nitrogen and oxygen atoms in total. The van der Waals surface area contributed by atoms with Gasteiger partial charge in [0.1, 0.15) is 0 Å². The summed E-state index contributed by atoms with van der Waals surface area (Å²) in [7, 11) is 0. The zero-order valence-corrected chi connectivity index (χ0v) is 45.4. The largest absolute Gasteiger partial charge is 0.305 e. The van der Waals surface area contributed by atoms with Crippen molar-refractivity contribution in [3.05, 3.63) is 147 Å². The number of aromatic nitrogens is 3. The predicted molar refractivity (Wildman–Crippen MR) is 301 cm³/mol. The number of benzene rings is 5. The van der Waals surface area contributed by atoms with Gasteiger partial charge in [0.05, 0.1) is 40.3 Å². The van der Waals surface area contributed by atoms with Gasteiger partial charge in [0, 0.05) is 43.5 Å². The van der Waals surface area contributed by atoms with E-state index >= 15 is 0 Å². The van der Waals surface area contributed by atoms with Crippen molar-refractivity contribution in [2.24, 2.45) is 0 Å². The number of fused-ring (bicyclic) bond motifs is 14. The van der Waals surface area contributed by atoms with Gasteiger partial charge in [-0.1, -0.05) is 164 Å². The first kappa shape index (κ1) is 46.6. The molecule has 9 aromatic rings. The number of pyridine rings is 2. The van der Waals surface area contributed by atoms with E-state index in [1.165, 1.54) is 144 Å². The average Bonchev–Trinajstić information content (AvgIpc) is 3.99. The minimum Gasteiger partial charge on any atom is -0.305 e. The molecule has 11 rings (SSSR count). The van der Waals surface area contributed by atoms with E-state index in [0.29, 0.717) is 23.7 Å². The highest BCUT2D eigenvalue weighted by Crippen LogP contribution is 2.58. The normalized spacial score (nSPS) is 15.0. The van der Waals surface area contributed by atoms with Crippen LogP contribution in [0, 0.1) is 13.8 Å². The van der Waals surface area contributed by atoms with E-state index in [-0.39, 0.29) is 16.2 Å². The van der Waals surface area contributed by atoms with Gasteiger partial charge in [-0.2, -0.15) is 0 Å². The topological polar surface area (TPSA) is 30.2 Å². The lowest BCUT2D eigenvalue weighted by Crippen LogP contribution is -2.23. The maximum absolute atomic E-state index is 5.55. The van der Waals surface area contributed by atoms with Crippen LogP contribution in [0.5, 0.6) is 0 Å². The lowest BCUT2D eigenvalue weighted by atomic mass is 9.73. The molecular weight excluding hydrogens is 847 g/mol. The molecule has 0 saturated carbocycles. The zero-order valence-electron chi connectivity index (χ0n) is 45.4. The maximum Gasteiger partial charge on any atom is 0.0732 e. The van der Waals surface area contributed by atoms with E-state index in [4.69, 9.17) is 9.97 Å². The highest BCUT2D eigenvalue weighted by molar-refractivity contribution is 6.29. The molecule has 0 fully saturated rings. The first-order valence-corrected chi connectivity index (χ1v) is 26.9. The number of hydrogen-bond donors (Lipinski definition) is 0. The van der Waals surface area contributed by atoms with Crippen LogP contribution < -0.4 is 0 Å². The van der Waals surface area contributed by atoms with Gasteiger partial charge in [-0.25, -0.2) is 0 Å². The summed E-state index contributed by atoms with van der Waals surface area (Å²) in [5.41, 5.74) is 28.8. The molecule has 70 heavy (non-hydrogen) atoms. The van der Waals surface area contributed by atoms with Crippen LogP contribution in [-0.4, -0.2) is 14.4 Å². The summed E-state index contributed by atoms with van der Waals surface area (Å²) in [5.74, 6) is 1.66. The molecule has 0 unspecified atom stereocenters. The van der Waals surface area contributed by atoms with E-state index in [2.05, 4.69) is 207 Å². The van der Waals surface area contributed by atoms with Gasteiger partial charge in [0.2, 0.25) is 0 Å². The molecule has 0 saturated heterocycles.